The van der Waals surface area contributed by atoms with Gasteiger partial charge in [-0.25, -0.2) is 18.1 Å². The van der Waals surface area contributed by atoms with Gasteiger partial charge in [0.2, 0.25) is 11.8 Å². The number of carbonyl (C=O) groups excluding carboxylic acids is 2. The summed E-state index contributed by atoms with van der Waals surface area (Å²) >= 11 is 0. The van der Waals surface area contributed by atoms with Crippen molar-refractivity contribution in [2.45, 2.75) is 70.9 Å². The van der Waals surface area contributed by atoms with Crippen LogP contribution in [0, 0.1) is 19.3 Å². The second-order valence-corrected chi connectivity index (χ2v) is 13.7. The van der Waals surface area contributed by atoms with E-state index in [1.807, 2.05) is 39.1 Å². The molecule has 3 aromatic rings. The number of benzene rings is 2. The lowest BCUT2D eigenvalue weighted by Gasteiger charge is -2.41. The molecular weight excluding hydrogens is 540 g/mol. The number of rotatable bonds is 11. The summed E-state index contributed by atoms with van der Waals surface area (Å²) in [5, 5.41) is 0. The Labute approximate surface area is 242 Å². The molecule has 1 aliphatic carbocycles. The first-order valence-electron chi connectivity index (χ1n) is 13.7. The molecular formula is C31H38N4O5S. The van der Waals surface area contributed by atoms with E-state index in [-0.39, 0.29) is 45.6 Å². The van der Waals surface area contributed by atoms with Crippen LogP contribution >= 0.6 is 0 Å². The number of nitrogens with one attached hydrogen (secondary N) is 1. The lowest BCUT2D eigenvalue weighted by atomic mass is 9.84. The van der Waals surface area contributed by atoms with Gasteiger partial charge in [-0.2, -0.15) is 4.98 Å². The van der Waals surface area contributed by atoms with Crippen LogP contribution in [0.1, 0.15) is 61.5 Å². The lowest BCUT2D eigenvalue weighted by molar-refractivity contribution is -0.128. The minimum atomic E-state index is -4.09. The van der Waals surface area contributed by atoms with Crippen molar-refractivity contribution in [2.75, 3.05) is 18.4 Å². The van der Waals surface area contributed by atoms with Gasteiger partial charge in [0, 0.05) is 42.1 Å². The largest absolute Gasteiger partial charge is 0.476 e. The minimum absolute atomic E-state index is 0.0120. The number of Topliss-reactive ketones (excluding diaryl/α,β-unsaturated/α-hetero) is 1. The van der Waals surface area contributed by atoms with Gasteiger partial charge in [-0.15, -0.1) is 0 Å². The molecule has 1 aromatic heterocycles. The van der Waals surface area contributed by atoms with Gasteiger partial charge in [-0.05, 0) is 56.0 Å². The van der Waals surface area contributed by atoms with E-state index in [9.17, 15) is 18.0 Å². The fourth-order valence-electron chi connectivity index (χ4n) is 5.09. The molecule has 10 heteroatoms. The summed E-state index contributed by atoms with van der Waals surface area (Å²) in [6.07, 6.45) is 2.50. The highest BCUT2D eigenvalue weighted by Crippen LogP contribution is 2.31. The van der Waals surface area contributed by atoms with Gasteiger partial charge in [0.1, 0.15) is 18.7 Å². The highest BCUT2D eigenvalue weighted by atomic mass is 32.2. The summed E-state index contributed by atoms with van der Waals surface area (Å²) in [5.74, 6) is 0.359. The molecule has 9 nitrogen and oxygen atoms in total. The Bertz CT molecular complexity index is 1520. The molecule has 41 heavy (non-hydrogen) atoms. The van der Waals surface area contributed by atoms with Crippen LogP contribution in [0.25, 0.3) is 11.3 Å². The molecule has 0 aliphatic heterocycles. The van der Waals surface area contributed by atoms with E-state index >= 15 is 0 Å². The van der Waals surface area contributed by atoms with Crippen molar-refractivity contribution in [1.29, 1.82) is 0 Å². The quantitative estimate of drug-likeness (QED) is 0.308. The smallest absolute Gasteiger partial charge is 0.264 e. The Balaban J connectivity index is 1.69. The fraction of sp³-hybridized carbons (Fsp3) is 0.419. The predicted molar refractivity (Wildman–Crippen MR) is 159 cm³/mol. The number of hydrogen-bond donors (Lipinski definition) is 1. The number of nitrogens with zero attached hydrogens (tertiary/aromatic N) is 3. The topological polar surface area (TPSA) is 119 Å². The number of aryl methyl sites for hydroxylation is 2. The third-order valence-electron chi connectivity index (χ3n) is 7.32. The number of sulfonamides is 1. The van der Waals surface area contributed by atoms with Crippen molar-refractivity contribution in [1.82, 2.24) is 14.9 Å². The van der Waals surface area contributed by atoms with E-state index in [0.29, 0.717) is 31.4 Å². The van der Waals surface area contributed by atoms with Crippen molar-refractivity contribution in [3.8, 4) is 17.1 Å². The first kappa shape index (κ1) is 30.3. The molecule has 0 unspecified atom stereocenters. The number of aldehydes is 1. The summed E-state index contributed by atoms with van der Waals surface area (Å²) < 4.78 is 35.2. The first-order chi connectivity index (χ1) is 19.3. The molecule has 0 saturated heterocycles. The number of aromatic nitrogens is 2. The Kier molecular flexibility index (Phi) is 8.94. The minimum Gasteiger partial charge on any atom is -0.476 e. The number of hydrogen-bond acceptors (Lipinski definition) is 8. The van der Waals surface area contributed by atoms with Gasteiger partial charge in [-0.3, -0.25) is 14.5 Å². The Morgan fingerprint density at radius 1 is 1.07 bits per heavy atom. The summed E-state index contributed by atoms with van der Waals surface area (Å²) in [5.41, 5.74) is 3.59. The normalized spacial score (nSPS) is 15.0. The maximum Gasteiger partial charge on any atom is 0.264 e. The molecule has 218 valence electrons. The summed E-state index contributed by atoms with van der Waals surface area (Å²) in [7, 11) is -2.07. The van der Waals surface area contributed by atoms with Crippen LogP contribution < -0.4 is 9.46 Å². The second kappa shape index (κ2) is 12.1. The van der Waals surface area contributed by atoms with Crippen LogP contribution in [0.3, 0.4) is 0 Å². The number of ether oxygens (including phenoxy) is 1. The number of carbonyl (C=O) groups is 2. The fourth-order valence-corrected chi connectivity index (χ4v) is 6.08. The maximum absolute atomic E-state index is 13.2. The molecule has 0 amide bonds. The molecule has 4 rings (SSSR count). The zero-order valence-corrected chi connectivity index (χ0v) is 25.3. The molecule has 1 aliphatic rings. The van der Waals surface area contributed by atoms with Crippen LogP contribution in [0.15, 0.2) is 53.4 Å². The van der Waals surface area contributed by atoms with Crippen LogP contribution in [0.5, 0.6) is 5.88 Å². The monoisotopic (exact) mass is 578 g/mol. The van der Waals surface area contributed by atoms with Crippen molar-refractivity contribution >= 4 is 28.0 Å². The van der Waals surface area contributed by atoms with Gasteiger partial charge in [0.05, 0.1) is 10.6 Å². The SMILES string of the molecule is Cc1cccc(C)c1-c1cc(OC[C@@H](CC(C)(C)C)N(C)C2CC(=O)C2)nc(NS(=O)(=O)c2cccc(C=O)c2)n1. The zero-order valence-electron chi connectivity index (χ0n) is 24.5. The molecule has 2 aromatic carbocycles. The van der Waals surface area contributed by atoms with E-state index in [1.54, 1.807) is 6.07 Å². The van der Waals surface area contributed by atoms with E-state index in [2.05, 4.69) is 40.4 Å². The summed E-state index contributed by atoms with van der Waals surface area (Å²) in [4.78, 5) is 34.0. The first-order valence-corrected chi connectivity index (χ1v) is 15.1. The lowest BCUT2D eigenvalue weighted by Crippen LogP contribution is -2.50. The van der Waals surface area contributed by atoms with Crippen LogP contribution in [-0.2, 0) is 14.8 Å². The maximum atomic E-state index is 13.2. The standard InChI is InChI=1S/C31H38N4O5S/c1-20-9-7-10-21(2)29(20)27-16-28(40-19-24(17-31(3,4)5)35(6)23-14-25(37)15-23)33-30(32-27)34-41(38,39)26-12-8-11-22(13-26)18-36/h7-13,16,18,23-24H,14-15,17,19H2,1-6H3,(H,32,33,34)/t24-/m1/s1. The van der Waals surface area contributed by atoms with Gasteiger partial charge in [-0.1, -0.05) is 51.1 Å². The van der Waals surface area contributed by atoms with Gasteiger partial charge in [0.15, 0.2) is 0 Å². The molecule has 0 radical (unpaired) electrons. The predicted octanol–water partition coefficient (Wildman–Crippen LogP) is 5.22. The molecule has 1 heterocycles. The van der Waals surface area contributed by atoms with Crippen molar-refractivity contribution in [2.24, 2.45) is 5.41 Å². The molecule has 1 N–H and O–H groups in total. The zero-order chi connectivity index (χ0) is 29.9. The van der Waals surface area contributed by atoms with E-state index in [1.165, 1.54) is 24.3 Å². The molecule has 0 bridgehead atoms. The Hall–Kier alpha value is -3.63. The van der Waals surface area contributed by atoms with E-state index in [4.69, 9.17) is 4.74 Å². The van der Waals surface area contributed by atoms with E-state index in [0.717, 1.165) is 23.1 Å². The molecule has 0 spiro atoms. The van der Waals surface area contributed by atoms with Crippen molar-refractivity contribution in [3.05, 3.63) is 65.2 Å². The number of ketones is 1. The Morgan fingerprint density at radius 3 is 2.34 bits per heavy atom. The van der Waals surface area contributed by atoms with Crippen LogP contribution in [-0.4, -0.2) is 61.1 Å². The second-order valence-electron chi connectivity index (χ2n) is 12.0. The third kappa shape index (κ3) is 7.56. The van der Waals surface area contributed by atoms with Crippen molar-refractivity contribution < 1.29 is 22.7 Å². The highest BCUT2D eigenvalue weighted by Gasteiger charge is 2.35. The summed E-state index contributed by atoms with van der Waals surface area (Å²) in [6.45, 7) is 10.7. The molecule has 1 fully saturated rings. The average Bonchev–Trinajstić information content (AvgIpc) is 2.88. The van der Waals surface area contributed by atoms with Crippen LogP contribution in [0.4, 0.5) is 5.95 Å². The van der Waals surface area contributed by atoms with Gasteiger partial charge in [0.25, 0.3) is 10.0 Å². The van der Waals surface area contributed by atoms with Gasteiger partial charge >= 0.3 is 0 Å². The van der Waals surface area contributed by atoms with E-state index < -0.39 is 10.0 Å². The average molecular weight is 579 g/mol. The molecule has 1 atom stereocenters. The van der Waals surface area contributed by atoms with Crippen LogP contribution in [0.2, 0.25) is 0 Å². The third-order valence-corrected chi connectivity index (χ3v) is 8.65. The molecule has 1 saturated carbocycles. The Morgan fingerprint density at radius 2 is 1.73 bits per heavy atom. The van der Waals surface area contributed by atoms with Crippen molar-refractivity contribution in [3.63, 3.8) is 0 Å². The highest BCUT2D eigenvalue weighted by molar-refractivity contribution is 7.92. The summed E-state index contributed by atoms with van der Waals surface area (Å²) in [6, 6.07) is 13.5. The number of likely N-dealkylation sites (N-methyl/N-ethyl adjacent to an activating group) is 1. The number of anilines is 1. The van der Waals surface area contributed by atoms with Gasteiger partial charge < -0.3 is 4.74 Å².